The molecule has 0 saturated carbocycles. The minimum absolute atomic E-state index is 0.0586. The van der Waals surface area contributed by atoms with E-state index in [0.717, 1.165) is 0 Å². The molecule has 0 aliphatic carbocycles. The number of amides is 3. The first kappa shape index (κ1) is 35.1. The first-order valence-electron chi connectivity index (χ1n) is 13.5. The smallest absolute Gasteiger partial charge is 0.383 e. The van der Waals surface area contributed by atoms with Gasteiger partial charge in [0.1, 0.15) is 0 Å². The lowest BCUT2D eigenvalue weighted by Gasteiger charge is -2.32. The molecule has 3 atom stereocenters. The zero-order valence-corrected chi connectivity index (χ0v) is 25.1. The first-order valence-corrected chi connectivity index (χ1v) is 14.3. The Kier molecular flexibility index (Phi) is 12.0. The second-order valence-electron chi connectivity index (χ2n) is 10.0. The molecular weight excluding hydrogens is 635 g/mol. The fourth-order valence-electron chi connectivity index (χ4n) is 4.27. The molecule has 0 radical (unpaired) electrons. The number of carbonyl (C=O) groups excluding carboxylic acids is 2. The highest BCUT2D eigenvalue weighted by Crippen LogP contribution is 2.36. The van der Waals surface area contributed by atoms with Crippen LogP contribution in [-0.4, -0.2) is 48.7 Å². The van der Waals surface area contributed by atoms with E-state index in [4.69, 9.17) is 23.2 Å². The summed E-state index contributed by atoms with van der Waals surface area (Å²) >= 11 is 12.2. The van der Waals surface area contributed by atoms with Crippen LogP contribution in [-0.2, 0) is 12.4 Å². The third kappa shape index (κ3) is 9.80. The van der Waals surface area contributed by atoms with Crippen molar-refractivity contribution in [2.75, 3.05) is 19.8 Å². The maximum Gasteiger partial charge on any atom is 0.416 e. The van der Waals surface area contributed by atoms with Crippen molar-refractivity contribution in [2.24, 2.45) is 0 Å². The van der Waals surface area contributed by atoms with Crippen molar-refractivity contribution in [3.05, 3.63) is 93.1 Å². The standard InChI is InChI=1S/C29H31Cl2F6N5O2/c1-3-22(14-38-15-23-6-4-5-9-39-23)41-27(44)42(17(2)18-7-8-24(30)25(31)12-18)16-40-26(43)19-10-20(28(32,33)34)13-21(11-19)29(35,36)37/h4-13,17,22-23,38-39H,3,14-16H2,1-2H3,(H,40,43)(H,41,44). The summed E-state index contributed by atoms with van der Waals surface area (Å²) in [5.74, 6) is -1.24. The largest absolute Gasteiger partial charge is 0.416 e. The van der Waals surface area contributed by atoms with Gasteiger partial charge in [-0.25, -0.2) is 4.79 Å². The molecule has 0 spiro atoms. The summed E-state index contributed by atoms with van der Waals surface area (Å²) in [5.41, 5.74) is -3.63. The molecule has 4 N–H and O–H groups in total. The van der Waals surface area contributed by atoms with E-state index in [2.05, 4.69) is 21.3 Å². The number of alkyl halides is 6. The van der Waals surface area contributed by atoms with Crippen LogP contribution in [0.25, 0.3) is 0 Å². The zero-order chi connectivity index (χ0) is 32.7. The maximum absolute atomic E-state index is 13.5. The minimum atomic E-state index is -5.13. The molecule has 1 heterocycles. The molecule has 1 aliphatic heterocycles. The molecule has 0 aromatic heterocycles. The predicted molar refractivity (Wildman–Crippen MR) is 156 cm³/mol. The molecule has 0 fully saturated rings. The van der Waals surface area contributed by atoms with Crippen molar-refractivity contribution < 1.29 is 35.9 Å². The molecular formula is C29H31Cl2F6N5O2. The number of rotatable bonds is 11. The minimum Gasteiger partial charge on any atom is -0.383 e. The van der Waals surface area contributed by atoms with Gasteiger partial charge >= 0.3 is 18.4 Å². The molecule has 7 nitrogen and oxygen atoms in total. The molecule has 3 unspecified atom stereocenters. The van der Waals surface area contributed by atoms with Gasteiger partial charge in [-0.05, 0) is 61.5 Å². The number of benzene rings is 2. The Labute approximate surface area is 260 Å². The predicted octanol–water partition coefficient (Wildman–Crippen LogP) is 6.90. The molecule has 1 aliphatic rings. The normalized spacial score (nSPS) is 16.2. The van der Waals surface area contributed by atoms with Crippen LogP contribution in [0.5, 0.6) is 0 Å². The molecule has 15 heteroatoms. The molecule has 3 rings (SSSR count). The van der Waals surface area contributed by atoms with Crippen LogP contribution in [0.1, 0.15) is 53.4 Å². The average molecular weight is 666 g/mol. The lowest BCUT2D eigenvalue weighted by molar-refractivity contribution is -0.143. The summed E-state index contributed by atoms with van der Waals surface area (Å²) in [4.78, 5) is 27.6. The number of nitrogens with zero attached hydrogens (tertiary/aromatic N) is 1. The molecule has 0 bridgehead atoms. The molecule has 44 heavy (non-hydrogen) atoms. The summed E-state index contributed by atoms with van der Waals surface area (Å²) in [6.07, 6.45) is -2.19. The second-order valence-corrected chi connectivity index (χ2v) is 10.8. The number of hydrogen-bond donors (Lipinski definition) is 4. The summed E-state index contributed by atoms with van der Waals surface area (Å²) in [5, 5.41) is 12.0. The maximum atomic E-state index is 13.5. The Morgan fingerprint density at radius 1 is 0.977 bits per heavy atom. The Hall–Kier alpha value is -3.42. The Bertz CT molecular complexity index is 1350. The number of urea groups is 1. The number of allylic oxidation sites excluding steroid dienone is 2. The van der Waals surface area contributed by atoms with E-state index in [-0.39, 0.29) is 28.2 Å². The van der Waals surface area contributed by atoms with Crippen LogP contribution in [0.4, 0.5) is 31.1 Å². The summed E-state index contributed by atoms with van der Waals surface area (Å²) in [7, 11) is 0. The monoisotopic (exact) mass is 665 g/mol. The summed E-state index contributed by atoms with van der Waals surface area (Å²) in [6, 6.07) is 3.49. The van der Waals surface area contributed by atoms with E-state index >= 15 is 0 Å². The second kappa shape index (κ2) is 15.0. The first-order chi connectivity index (χ1) is 20.6. The van der Waals surface area contributed by atoms with Crippen LogP contribution in [0.2, 0.25) is 10.0 Å². The van der Waals surface area contributed by atoms with Crippen LogP contribution in [0, 0.1) is 0 Å². The number of carbonyl (C=O) groups is 2. The molecule has 2 aromatic rings. The fourth-order valence-corrected chi connectivity index (χ4v) is 4.57. The van der Waals surface area contributed by atoms with E-state index in [1.165, 1.54) is 17.0 Å². The third-order valence-electron chi connectivity index (χ3n) is 6.85. The molecule has 0 saturated heterocycles. The van der Waals surface area contributed by atoms with Gasteiger partial charge in [0.2, 0.25) is 0 Å². The Morgan fingerprint density at radius 3 is 2.18 bits per heavy atom. The van der Waals surface area contributed by atoms with Gasteiger partial charge in [-0.2, -0.15) is 26.3 Å². The summed E-state index contributed by atoms with van der Waals surface area (Å²) < 4.78 is 80.0. The van der Waals surface area contributed by atoms with Crippen molar-refractivity contribution >= 4 is 35.1 Å². The molecule has 2 aromatic carbocycles. The van der Waals surface area contributed by atoms with Crippen LogP contribution >= 0.6 is 23.2 Å². The van der Waals surface area contributed by atoms with Gasteiger partial charge in [0, 0.05) is 24.7 Å². The lowest BCUT2D eigenvalue weighted by atomic mass is 10.0. The third-order valence-corrected chi connectivity index (χ3v) is 7.59. The highest BCUT2D eigenvalue weighted by Gasteiger charge is 2.37. The van der Waals surface area contributed by atoms with E-state index in [9.17, 15) is 35.9 Å². The average Bonchev–Trinajstić information content (AvgIpc) is 2.97. The van der Waals surface area contributed by atoms with Crippen molar-refractivity contribution in [2.45, 2.75) is 50.7 Å². The van der Waals surface area contributed by atoms with Crippen LogP contribution < -0.4 is 21.3 Å². The molecule has 3 amide bonds. The summed E-state index contributed by atoms with van der Waals surface area (Å²) in [6.45, 7) is 3.88. The number of hydrogen-bond acceptors (Lipinski definition) is 4. The van der Waals surface area contributed by atoms with E-state index in [1.807, 2.05) is 31.4 Å². The Balaban J connectivity index is 1.80. The SMILES string of the molecule is CCC(CNCC1C=CC=CN1)NC(=O)N(CNC(=O)c1cc(C(F)(F)F)cc(C(F)(F)F)c1)C(C)c1ccc(Cl)c(Cl)c1. The topological polar surface area (TPSA) is 85.5 Å². The van der Waals surface area contributed by atoms with Crippen molar-refractivity contribution in [3.63, 3.8) is 0 Å². The highest BCUT2D eigenvalue weighted by molar-refractivity contribution is 6.42. The zero-order valence-electron chi connectivity index (χ0n) is 23.6. The van der Waals surface area contributed by atoms with Gasteiger partial charge in [0.15, 0.2) is 0 Å². The van der Waals surface area contributed by atoms with Crippen molar-refractivity contribution in [1.29, 1.82) is 0 Å². The van der Waals surface area contributed by atoms with Crippen LogP contribution in [0.15, 0.2) is 60.8 Å². The van der Waals surface area contributed by atoms with Gasteiger partial charge in [-0.1, -0.05) is 48.3 Å². The number of halogens is 8. The van der Waals surface area contributed by atoms with Crippen molar-refractivity contribution in [1.82, 2.24) is 26.2 Å². The van der Waals surface area contributed by atoms with Gasteiger partial charge in [-0.15, -0.1) is 0 Å². The van der Waals surface area contributed by atoms with Gasteiger partial charge in [-0.3, -0.25) is 4.79 Å². The van der Waals surface area contributed by atoms with E-state index in [0.29, 0.717) is 37.2 Å². The van der Waals surface area contributed by atoms with E-state index in [1.54, 1.807) is 13.0 Å². The quantitative estimate of drug-likeness (QED) is 0.155. The van der Waals surface area contributed by atoms with Crippen LogP contribution in [0.3, 0.4) is 0 Å². The van der Waals surface area contributed by atoms with Gasteiger partial charge < -0.3 is 26.2 Å². The molecule has 240 valence electrons. The van der Waals surface area contributed by atoms with E-state index < -0.39 is 53.7 Å². The van der Waals surface area contributed by atoms with Gasteiger partial charge in [0.25, 0.3) is 5.91 Å². The number of nitrogens with one attached hydrogen (secondary N) is 4. The lowest BCUT2D eigenvalue weighted by Crippen LogP contribution is -2.52. The fraction of sp³-hybridized carbons (Fsp3) is 0.379. The highest BCUT2D eigenvalue weighted by atomic mass is 35.5. The van der Waals surface area contributed by atoms with Gasteiger partial charge in [0.05, 0.1) is 39.9 Å². The number of dihydropyridines is 1. The van der Waals surface area contributed by atoms with Crippen molar-refractivity contribution in [3.8, 4) is 0 Å². The Morgan fingerprint density at radius 2 is 1.64 bits per heavy atom.